The molecule has 2 rings (SSSR count). The fourth-order valence-electron chi connectivity index (χ4n) is 1.80. The average molecular weight is 375 g/mol. The quantitative estimate of drug-likeness (QED) is 0.778. The number of carbonyl (C=O) groups is 1. The van der Waals surface area contributed by atoms with E-state index in [2.05, 4.69) is 15.9 Å². The van der Waals surface area contributed by atoms with E-state index in [0.29, 0.717) is 22.2 Å². The molecule has 2 N–H and O–H groups in total. The van der Waals surface area contributed by atoms with Crippen LogP contribution in [0.3, 0.4) is 0 Å². The van der Waals surface area contributed by atoms with E-state index in [0.717, 1.165) is 20.5 Å². The molecule has 0 spiro atoms. The third-order valence-electron chi connectivity index (χ3n) is 2.83. The van der Waals surface area contributed by atoms with Gasteiger partial charge in [-0.25, -0.2) is 4.79 Å². The molecule has 0 unspecified atom stereocenters. The molecule has 0 bridgehead atoms. The van der Waals surface area contributed by atoms with Crippen molar-refractivity contribution in [2.45, 2.75) is 13.8 Å². The van der Waals surface area contributed by atoms with Gasteiger partial charge in [-0.1, -0.05) is 27.5 Å². The zero-order chi connectivity index (χ0) is 14.9. The maximum Gasteiger partial charge on any atom is 0.350 e. The third kappa shape index (κ3) is 2.85. The van der Waals surface area contributed by atoms with Gasteiger partial charge >= 0.3 is 5.97 Å². The molecule has 0 radical (unpaired) electrons. The lowest BCUT2D eigenvalue weighted by atomic mass is 10.1. The van der Waals surface area contributed by atoms with Crippen molar-refractivity contribution in [3.8, 4) is 10.4 Å². The number of nitrogen functional groups attached to an aromatic ring is 1. The van der Waals surface area contributed by atoms with Crippen LogP contribution in [0.1, 0.15) is 22.2 Å². The number of thiophene rings is 1. The zero-order valence-corrected chi connectivity index (χ0v) is 14.2. The standard InChI is InChI=1S/C14H13BrClNO2S/c1-3-19-14(18)13-11(17)7(2)12(20-13)9-6-8(15)4-5-10(9)16/h4-6H,3,17H2,1-2H3. The number of halogens is 2. The van der Waals surface area contributed by atoms with E-state index in [4.69, 9.17) is 22.1 Å². The minimum Gasteiger partial charge on any atom is -0.462 e. The highest BCUT2D eigenvalue weighted by Crippen LogP contribution is 2.42. The molecule has 0 saturated carbocycles. The highest BCUT2D eigenvalue weighted by molar-refractivity contribution is 9.10. The Morgan fingerprint density at radius 3 is 2.85 bits per heavy atom. The van der Waals surface area contributed by atoms with Gasteiger partial charge in [0.2, 0.25) is 0 Å². The number of hydrogen-bond acceptors (Lipinski definition) is 4. The van der Waals surface area contributed by atoms with E-state index in [-0.39, 0.29) is 0 Å². The number of ether oxygens (including phenoxy) is 1. The Balaban J connectivity index is 2.56. The van der Waals surface area contributed by atoms with Crippen LogP contribution < -0.4 is 5.73 Å². The molecule has 1 aromatic carbocycles. The summed E-state index contributed by atoms with van der Waals surface area (Å²) in [5, 5.41) is 0.618. The summed E-state index contributed by atoms with van der Waals surface area (Å²) in [5.41, 5.74) is 8.17. The Morgan fingerprint density at radius 1 is 1.50 bits per heavy atom. The van der Waals surface area contributed by atoms with Crippen molar-refractivity contribution < 1.29 is 9.53 Å². The lowest BCUT2D eigenvalue weighted by Gasteiger charge is -2.04. The summed E-state index contributed by atoms with van der Waals surface area (Å²) >= 11 is 11.0. The molecule has 1 aromatic heterocycles. The van der Waals surface area contributed by atoms with Crippen molar-refractivity contribution in [3.63, 3.8) is 0 Å². The van der Waals surface area contributed by atoms with Gasteiger partial charge in [0.1, 0.15) is 4.88 Å². The molecule has 20 heavy (non-hydrogen) atoms. The molecular weight excluding hydrogens is 362 g/mol. The molecule has 1 heterocycles. The van der Waals surface area contributed by atoms with E-state index in [1.54, 1.807) is 13.0 Å². The van der Waals surface area contributed by atoms with Gasteiger partial charge in [-0.2, -0.15) is 0 Å². The van der Waals surface area contributed by atoms with Gasteiger partial charge in [0.05, 0.1) is 12.3 Å². The number of anilines is 1. The van der Waals surface area contributed by atoms with Gasteiger partial charge in [0.25, 0.3) is 0 Å². The molecule has 0 aliphatic heterocycles. The number of hydrogen-bond donors (Lipinski definition) is 1. The average Bonchev–Trinajstić information content (AvgIpc) is 2.70. The van der Waals surface area contributed by atoms with Crippen molar-refractivity contribution in [1.82, 2.24) is 0 Å². The third-order valence-corrected chi connectivity index (χ3v) is 4.97. The number of rotatable bonds is 3. The van der Waals surface area contributed by atoms with Crippen LogP contribution in [0, 0.1) is 6.92 Å². The molecule has 2 aromatic rings. The predicted octanol–water partition coefficient (Wildman–Crippen LogP) is 4.90. The van der Waals surface area contributed by atoms with Gasteiger partial charge in [0.15, 0.2) is 0 Å². The summed E-state index contributed by atoms with van der Waals surface area (Å²) in [6.07, 6.45) is 0. The minimum atomic E-state index is -0.393. The van der Waals surface area contributed by atoms with Crippen molar-refractivity contribution in [1.29, 1.82) is 0 Å². The molecule has 106 valence electrons. The van der Waals surface area contributed by atoms with Crippen LogP contribution in [0.5, 0.6) is 0 Å². The van der Waals surface area contributed by atoms with Crippen LogP contribution in [0.15, 0.2) is 22.7 Å². The SMILES string of the molecule is CCOC(=O)c1sc(-c2cc(Br)ccc2Cl)c(C)c1N. The molecule has 0 atom stereocenters. The normalized spacial score (nSPS) is 10.6. The molecule has 0 amide bonds. The highest BCUT2D eigenvalue weighted by atomic mass is 79.9. The van der Waals surface area contributed by atoms with Gasteiger partial charge < -0.3 is 10.5 Å². The van der Waals surface area contributed by atoms with Crippen LogP contribution in [-0.4, -0.2) is 12.6 Å². The monoisotopic (exact) mass is 373 g/mol. The Bertz CT molecular complexity index is 669. The van der Waals surface area contributed by atoms with Crippen LogP contribution in [-0.2, 0) is 4.74 Å². The summed E-state index contributed by atoms with van der Waals surface area (Å²) in [6, 6.07) is 5.58. The summed E-state index contributed by atoms with van der Waals surface area (Å²) < 4.78 is 5.93. The van der Waals surface area contributed by atoms with Crippen LogP contribution in [0.25, 0.3) is 10.4 Å². The summed E-state index contributed by atoms with van der Waals surface area (Å²) in [5.74, 6) is -0.393. The topological polar surface area (TPSA) is 52.3 Å². The number of esters is 1. The summed E-state index contributed by atoms with van der Waals surface area (Å²) in [4.78, 5) is 13.2. The van der Waals surface area contributed by atoms with Gasteiger partial charge in [-0.3, -0.25) is 0 Å². The molecule has 3 nitrogen and oxygen atoms in total. The smallest absolute Gasteiger partial charge is 0.350 e. The van der Waals surface area contributed by atoms with Crippen LogP contribution in [0.4, 0.5) is 5.69 Å². The zero-order valence-electron chi connectivity index (χ0n) is 11.0. The first-order valence-corrected chi connectivity index (χ1v) is 7.95. The van der Waals surface area contributed by atoms with Crippen molar-refractivity contribution in [2.24, 2.45) is 0 Å². The lowest BCUT2D eigenvalue weighted by molar-refractivity contribution is 0.0533. The van der Waals surface area contributed by atoms with E-state index in [9.17, 15) is 4.79 Å². The van der Waals surface area contributed by atoms with Crippen molar-refractivity contribution in [3.05, 3.63) is 38.1 Å². The largest absolute Gasteiger partial charge is 0.462 e. The molecule has 0 saturated heterocycles. The maximum atomic E-state index is 11.9. The predicted molar refractivity (Wildman–Crippen MR) is 87.6 cm³/mol. The lowest BCUT2D eigenvalue weighted by Crippen LogP contribution is -2.05. The first-order chi connectivity index (χ1) is 9.45. The van der Waals surface area contributed by atoms with E-state index in [1.807, 2.05) is 19.1 Å². The maximum absolute atomic E-state index is 11.9. The van der Waals surface area contributed by atoms with E-state index in [1.165, 1.54) is 11.3 Å². The van der Waals surface area contributed by atoms with E-state index < -0.39 is 5.97 Å². The summed E-state index contributed by atoms with van der Waals surface area (Å²) in [6.45, 7) is 3.96. The van der Waals surface area contributed by atoms with E-state index >= 15 is 0 Å². The second kappa shape index (κ2) is 6.16. The molecule has 0 aliphatic carbocycles. The Hall–Kier alpha value is -1.04. The number of nitrogens with two attached hydrogens (primary N) is 1. The Labute approximate surface area is 134 Å². The van der Waals surface area contributed by atoms with Gasteiger partial charge in [0, 0.05) is 19.9 Å². The Morgan fingerprint density at radius 2 is 2.20 bits per heavy atom. The minimum absolute atomic E-state index is 0.322. The van der Waals surface area contributed by atoms with Crippen molar-refractivity contribution in [2.75, 3.05) is 12.3 Å². The fraction of sp³-hybridized carbons (Fsp3) is 0.214. The first-order valence-electron chi connectivity index (χ1n) is 5.97. The second-order valence-corrected chi connectivity index (χ2v) is 6.49. The van der Waals surface area contributed by atoms with Gasteiger partial charge in [-0.15, -0.1) is 11.3 Å². The molecular formula is C14H13BrClNO2S. The number of carbonyl (C=O) groups excluding carboxylic acids is 1. The molecule has 0 fully saturated rings. The van der Waals surface area contributed by atoms with Gasteiger partial charge in [-0.05, 0) is 37.6 Å². The first kappa shape index (κ1) is 15.4. The fourth-order valence-corrected chi connectivity index (χ4v) is 3.58. The Kier molecular flexibility index (Phi) is 4.73. The van der Waals surface area contributed by atoms with Crippen molar-refractivity contribution >= 4 is 50.5 Å². The number of benzene rings is 1. The molecule has 6 heteroatoms. The van der Waals surface area contributed by atoms with Crippen LogP contribution in [0.2, 0.25) is 5.02 Å². The molecule has 0 aliphatic rings. The van der Waals surface area contributed by atoms with Crippen LogP contribution >= 0.6 is 38.9 Å². The second-order valence-electron chi connectivity index (χ2n) is 4.14. The summed E-state index contributed by atoms with van der Waals surface area (Å²) in [7, 11) is 0. The highest BCUT2D eigenvalue weighted by Gasteiger charge is 2.21.